The van der Waals surface area contributed by atoms with Crippen molar-refractivity contribution in [2.75, 3.05) is 25.2 Å². The highest BCUT2D eigenvalue weighted by Crippen LogP contribution is 2.23. The Morgan fingerprint density at radius 3 is 1.88 bits per heavy atom. The van der Waals surface area contributed by atoms with E-state index in [1.807, 2.05) is 0 Å². The summed E-state index contributed by atoms with van der Waals surface area (Å²) >= 11 is 0. The van der Waals surface area contributed by atoms with E-state index in [9.17, 15) is 8.42 Å². The van der Waals surface area contributed by atoms with Gasteiger partial charge in [0.2, 0.25) is 0 Å². The Hall–Kier alpha value is -1.07. The molecular formula is C12H19NO3S. The van der Waals surface area contributed by atoms with E-state index in [4.69, 9.17) is 4.74 Å². The highest BCUT2D eigenvalue weighted by molar-refractivity contribution is 7.90. The van der Waals surface area contributed by atoms with Crippen LogP contribution in [0.5, 0.6) is 0 Å². The predicted octanol–water partition coefficient (Wildman–Crippen LogP) is 1.93. The first-order valence-electron chi connectivity index (χ1n) is 5.36. The fourth-order valence-electron chi connectivity index (χ4n) is 1.01. The van der Waals surface area contributed by atoms with Crippen LogP contribution >= 0.6 is 0 Å². The van der Waals surface area contributed by atoms with Crippen molar-refractivity contribution >= 4 is 15.5 Å². The van der Waals surface area contributed by atoms with Gasteiger partial charge in [0.1, 0.15) is 0 Å². The van der Waals surface area contributed by atoms with Crippen LogP contribution < -0.4 is 5.32 Å². The van der Waals surface area contributed by atoms with E-state index < -0.39 is 9.84 Å². The van der Waals surface area contributed by atoms with Crippen LogP contribution in [0.3, 0.4) is 0 Å². The van der Waals surface area contributed by atoms with E-state index in [1.165, 1.54) is 6.26 Å². The van der Waals surface area contributed by atoms with E-state index in [1.54, 1.807) is 31.3 Å². The Morgan fingerprint density at radius 2 is 1.65 bits per heavy atom. The van der Waals surface area contributed by atoms with Gasteiger partial charge in [0.05, 0.1) is 17.1 Å². The van der Waals surface area contributed by atoms with Crippen LogP contribution in [0.4, 0.5) is 5.69 Å². The van der Waals surface area contributed by atoms with Crippen molar-refractivity contribution in [1.82, 2.24) is 0 Å². The lowest BCUT2D eigenvalue weighted by Gasteiger charge is -2.00. The fraction of sp³-hybridized carbons (Fsp3) is 0.500. The molecule has 0 unspecified atom stereocenters. The summed E-state index contributed by atoms with van der Waals surface area (Å²) in [6, 6.07) is 6.63. The van der Waals surface area contributed by atoms with Crippen molar-refractivity contribution in [3.63, 3.8) is 0 Å². The number of nitrogens with one attached hydrogen (secondary N) is 1. The standard InChI is InChI=1S/C8H11NO2S.C4H8O/c1-9-7-3-5-8(6-4-7)12(2,10)11;1-4(2)3-5-4/h3-6,9H,1-2H3;3H2,1-2H3. The quantitative estimate of drug-likeness (QED) is 0.822. The van der Waals surface area contributed by atoms with Crippen LogP contribution in [0, 0.1) is 0 Å². The minimum Gasteiger partial charge on any atom is -0.388 e. The van der Waals surface area contributed by atoms with Gasteiger partial charge in [-0.25, -0.2) is 8.42 Å². The van der Waals surface area contributed by atoms with Gasteiger partial charge in [-0.1, -0.05) is 0 Å². The van der Waals surface area contributed by atoms with Crippen LogP contribution in [-0.4, -0.2) is 33.9 Å². The van der Waals surface area contributed by atoms with Gasteiger partial charge in [-0.05, 0) is 38.1 Å². The summed E-state index contributed by atoms with van der Waals surface area (Å²) in [5.41, 5.74) is 1.16. The third kappa shape index (κ3) is 5.19. The Morgan fingerprint density at radius 1 is 1.24 bits per heavy atom. The number of sulfone groups is 1. The molecule has 0 spiro atoms. The number of hydrogen-bond acceptors (Lipinski definition) is 4. The van der Waals surface area contributed by atoms with E-state index in [0.29, 0.717) is 4.90 Å². The molecule has 17 heavy (non-hydrogen) atoms. The normalized spacial score (nSPS) is 16.7. The van der Waals surface area contributed by atoms with Crippen molar-refractivity contribution in [3.05, 3.63) is 24.3 Å². The van der Waals surface area contributed by atoms with Crippen LogP contribution in [0.1, 0.15) is 13.8 Å². The first-order valence-corrected chi connectivity index (χ1v) is 7.25. The van der Waals surface area contributed by atoms with E-state index in [2.05, 4.69) is 19.2 Å². The first-order chi connectivity index (χ1) is 7.74. The molecule has 0 bridgehead atoms. The second-order valence-electron chi connectivity index (χ2n) is 4.59. The van der Waals surface area contributed by atoms with Crippen molar-refractivity contribution in [3.8, 4) is 0 Å². The maximum absolute atomic E-state index is 11.0. The molecule has 1 heterocycles. The molecule has 0 aromatic heterocycles. The lowest BCUT2D eigenvalue weighted by atomic mass is 10.3. The lowest BCUT2D eigenvalue weighted by Crippen LogP contribution is -1.96. The minimum absolute atomic E-state index is 0.250. The smallest absolute Gasteiger partial charge is 0.175 e. The second-order valence-corrected chi connectivity index (χ2v) is 6.61. The summed E-state index contributed by atoms with van der Waals surface area (Å²) in [7, 11) is -1.27. The molecule has 0 atom stereocenters. The average Bonchev–Trinajstić information content (AvgIpc) is 2.94. The van der Waals surface area contributed by atoms with Crippen LogP contribution in [0.2, 0.25) is 0 Å². The van der Waals surface area contributed by atoms with Gasteiger partial charge in [0.15, 0.2) is 9.84 Å². The number of anilines is 1. The molecule has 1 N–H and O–H groups in total. The van der Waals surface area contributed by atoms with Crippen LogP contribution in [0.25, 0.3) is 0 Å². The Kier molecular flexibility index (Phi) is 4.16. The summed E-state index contributed by atoms with van der Waals surface area (Å²) in [6.07, 6.45) is 1.20. The highest BCUT2D eigenvalue weighted by Gasteiger charge is 2.32. The third-order valence-electron chi connectivity index (χ3n) is 2.29. The molecule has 1 aromatic rings. The van der Waals surface area contributed by atoms with Crippen molar-refractivity contribution < 1.29 is 13.2 Å². The van der Waals surface area contributed by atoms with Gasteiger partial charge in [-0.15, -0.1) is 0 Å². The predicted molar refractivity (Wildman–Crippen MR) is 69.1 cm³/mol. The van der Waals surface area contributed by atoms with Gasteiger partial charge < -0.3 is 10.1 Å². The summed E-state index contributed by atoms with van der Waals surface area (Å²) in [5.74, 6) is 0. The number of hydrogen-bond donors (Lipinski definition) is 1. The molecule has 2 rings (SSSR count). The molecule has 1 fully saturated rings. The van der Waals surface area contributed by atoms with E-state index in [-0.39, 0.29) is 5.60 Å². The van der Waals surface area contributed by atoms with Crippen molar-refractivity contribution in [2.45, 2.75) is 24.3 Å². The average molecular weight is 257 g/mol. The fourth-order valence-corrected chi connectivity index (χ4v) is 1.64. The lowest BCUT2D eigenvalue weighted by molar-refractivity contribution is 0.344. The van der Waals surface area contributed by atoms with Gasteiger partial charge in [0, 0.05) is 19.0 Å². The zero-order valence-electron chi connectivity index (χ0n) is 10.6. The summed E-state index contributed by atoms with van der Waals surface area (Å²) < 4.78 is 26.9. The number of epoxide rings is 1. The van der Waals surface area contributed by atoms with Gasteiger partial charge >= 0.3 is 0 Å². The largest absolute Gasteiger partial charge is 0.388 e. The molecule has 0 radical (unpaired) electrons. The molecule has 1 saturated heterocycles. The zero-order valence-corrected chi connectivity index (χ0v) is 11.5. The number of ether oxygens (including phenoxy) is 1. The molecule has 4 nitrogen and oxygen atoms in total. The topological polar surface area (TPSA) is 58.7 Å². The molecule has 0 saturated carbocycles. The minimum atomic E-state index is -3.06. The number of benzene rings is 1. The molecule has 0 aliphatic carbocycles. The Bertz CT molecular complexity index is 457. The SMILES string of the molecule is CC1(C)CO1.CNc1ccc(S(C)(=O)=O)cc1. The maximum Gasteiger partial charge on any atom is 0.175 e. The monoisotopic (exact) mass is 257 g/mol. The molecule has 1 aliphatic heterocycles. The Labute approximate surface area is 103 Å². The second kappa shape index (κ2) is 5.06. The van der Waals surface area contributed by atoms with E-state index >= 15 is 0 Å². The van der Waals surface area contributed by atoms with Gasteiger partial charge in [0.25, 0.3) is 0 Å². The molecule has 5 heteroatoms. The molecule has 0 amide bonds. The number of rotatable bonds is 2. The first kappa shape index (κ1) is 14.0. The van der Waals surface area contributed by atoms with Gasteiger partial charge in [-0.3, -0.25) is 0 Å². The van der Waals surface area contributed by atoms with Crippen LogP contribution in [-0.2, 0) is 14.6 Å². The molecule has 1 aliphatic rings. The Balaban J connectivity index is 0.000000239. The maximum atomic E-state index is 11.0. The van der Waals surface area contributed by atoms with Gasteiger partial charge in [-0.2, -0.15) is 0 Å². The van der Waals surface area contributed by atoms with Crippen molar-refractivity contribution in [2.24, 2.45) is 0 Å². The summed E-state index contributed by atoms with van der Waals surface area (Å²) in [5, 5.41) is 2.91. The van der Waals surface area contributed by atoms with Crippen molar-refractivity contribution in [1.29, 1.82) is 0 Å². The molecule has 1 aromatic carbocycles. The molecular weight excluding hydrogens is 238 g/mol. The summed E-state index contributed by atoms with van der Waals surface area (Å²) in [6.45, 7) is 5.10. The van der Waals surface area contributed by atoms with E-state index in [0.717, 1.165) is 12.3 Å². The highest BCUT2D eigenvalue weighted by atomic mass is 32.2. The summed E-state index contributed by atoms with van der Waals surface area (Å²) in [4.78, 5) is 0.349. The van der Waals surface area contributed by atoms with Crippen LogP contribution in [0.15, 0.2) is 29.2 Å². The third-order valence-corrected chi connectivity index (χ3v) is 3.42. The zero-order chi connectivity index (χ0) is 13.1. The molecule has 96 valence electrons.